The average Bonchev–Trinajstić information content (AvgIpc) is 3.10. The summed E-state index contributed by atoms with van der Waals surface area (Å²) < 4.78 is 48.9. The molecule has 0 bridgehead atoms. The monoisotopic (exact) mass is 607 g/mol. The van der Waals surface area contributed by atoms with Crippen molar-refractivity contribution >= 4 is 21.6 Å². The van der Waals surface area contributed by atoms with Crippen LogP contribution in [-0.4, -0.2) is 113 Å². The van der Waals surface area contributed by atoms with Gasteiger partial charge in [-0.2, -0.15) is 4.31 Å². The third kappa shape index (κ3) is 7.66. The molecule has 0 spiro atoms. The number of hydrogen-bond acceptors (Lipinski definition) is 15. The second kappa shape index (κ2) is 12.3. The van der Waals surface area contributed by atoms with Gasteiger partial charge in [-0.15, -0.1) is 0 Å². The summed E-state index contributed by atoms with van der Waals surface area (Å²) in [7, 11) is -11.1. The van der Waals surface area contributed by atoms with Crippen LogP contribution in [-0.2, 0) is 36.8 Å². The summed E-state index contributed by atoms with van der Waals surface area (Å²) in [5, 5.41) is 52.3. The number of aromatic amines is 1. The van der Waals surface area contributed by atoms with Crippen LogP contribution >= 0.6 is 15.6 Å². The minimum absolute atomic E-state index is 0.723. The lowest BCUT2D eigenvalue weighted by molar-refractivity contribution is -0.255. The molecule has 0 aromatic carbocycles. The van der Waals surface area contributed by atoms with E-state index in [1.54, 1.807) is 0 Å². The third-order valence-corrected chi connectivity index (χ3v) is 8.16. The number of nitrogens with zero attached hydrogens (tertiary/aromatic N) is 1. The van der Waals surface area contributed by atoms with E-state index in [1.165, 1.54) is 0 Å². The third-order valence-electron chi connectivity index (χ3n) is 5.56. The summed E-state index contributed by atoms with van der Waals surface area (Å²) >= 11 is 0. The second-order valence-corrected chi connectivity index (χ2v) is 11.4. The first-order chi connectivity index (χ1) is 18.0. The molecule has 222 valence electrons. The highest BCUT2D eigenvalue weighted by atomic mass is 31.3. The van der Waals surface area contributed by atoms with Crippen molar-refractivity contribution in [2.45, 2.75) is 62.1 Å². The predicted octanol–water partition coefficient (Wildman–Crippen LogP) is -4.65. The summed E-state index contributed by atoms with van der Waals surface area (Å²) in [6, 6.07) is -0.622. The molecule has 2 fully saturated rings. The minimum atomic E-state index is -5.63. The Morgan fingerprint density at radius 3 is 2.31 bits per heavy atom. The average molecular weight is 607 g/mol. The first-order valence-electron chi connectivity index (χ1n) is 11.0. The van der Waals surface area contributed by atoms with Gasteiger partial charge in [0.1, 0.15) is 36.6 Å². The number of H-pyrrole nitrogens is 1. The Morgan fingerprint density at radius 2 is 1.72 bits per heavy atom. The topological polar surface area (TPSA) is 306 Å². The zero-order chi connectivity index (χ0) is 29.3. The van der Waals surface area contributed by atoms with E-state index < -0.39 is 101 Å². The van der Waals surface area contributed by atoms with Crippen molar-refractivity contribution in [2.75, 3.05) is 13.2 Å². The number of aliphatic hydroxyl groups excluding tert-OH is 5. The van der Waals surface area contributed by atoms with Crippen LogP contribution in [0.25, 0.3) is 0 Å². The molecule has 11 atom stereocenters. The number of ether oxygens (including phenoxy) is 2. The highest BCUT2D eigenvalue weighted by Crippen LogP contribution is 2.61. The van der Waals surface area contributed by atoms with Crippen LogP contribution in [0.15, 0.2) is 21.9 Å². The molecular formula is C17H27N3O17P2. The van der Waals surface area contributed by atoms with Gasteiger partial charge in [-0.1, -0.05) is 0 Å². The lowest BCUT2D eigenvalue weighted by atomic mass is 9.96. The first-order valence-corrected chi connectivity index (χ1v) is 14.0. The number of phosphoric ester groups is 2. The molecule has 1 aromatic heterocycles. The second-order valence-electron chi connectivity index (χ2n) is 8.42. The molecule has 0 aliphatic carbocycles. The lowest BCUT2D eigenvalue weighted by Crippen LogP contribution is -2.64. The maximum absolute atomic E-state index is 12.4. The standard InChI is InChI=1S/C17H27N3O17P2/c1-6(22)18-10-11(24)7(4-21)35-16(13(10)26)36-39(31,32)37-38(29,30)33-5-8-12(25)14(27)15(34-8)20-3-2-9(23)19-17(20)28/h2-3,7-8,10-16,21,24-27H,4-5H2,1H3,(H,18,22)(H,29,30)(H,31,32)(H,19,23,28)/t7-,8-,10+,11-,12-,13-,14-,15-,16-/m1/s1. The maximum atomic E-state index is 12.4. The number of hydrogen-bond donors (Lipinski definition) is 9. The lowest BCUT2D eigenvalue weighted by Gasteiger charge is -2.42. The molecule has 0 saturated carbocycles. The molecule has 2 saturated heterocycles. The molecule has 2 aliphatic rings. The van der Waals surface area contributed by atoms with Crippen LogP contribution in [0.1, 0.15) is 13.2 Å². The van der Waals surface area contributed by atoms with E-state index in [4.69, 9.17) is 9.47 Å². The van der Waals surface area contributed by atoms with Gasteiger partial charge in [-0.3, -0.25) is 28.2 Å². The van der Waals surface area contributed by atoms with Crippen molar-refractivity contribution in [3.05, 3.63) is 33.1 Å². The molecule has 1 amide bonds. The van der Waals surface area contributed by atoms with E-state index >= 15 is 0 Å². The van der Waals surface area contributed by atoms with Crippen LogP contribution in [0.3, 0.4) is 0 Å². The van der Waals surface area contributed by atoms with Gasteiger partial charge in [0.2, 0.25) is 5.91 Å². The van der Waals surface area contributed by atoms with Crippen molar-refractivity contribution in [2.24, 2.45) is 0 Å². The zero-order valence-electron chi connectivity index (χ0n) is 19.8. The Kier molecular flexibility index (Phi) is 10.0. The Balaban J connectivity index is 1.64. The normalized spacial score (nSPS) is 36.2. The van der Waals surface area contributed by atoms with Crippen LogP contribution in [0, 0.1) is 0 Å². The van der Waals surface area contributed by atoms with Crippen LogP contribution < -0.4 is 16.6 Å². The van der Waals surface area contributed by atoms with E-state index in [0.717, 1.165) is 23.8 Å². The predicted molar refractivity (Wildman–Crippen MR) is 120 cm³/mol. The molecule has 3 heterocycles. The number of amides is 1. The maximum Gasteiger partial charge on any atom is 0.483 e. The van der Waals surface area contributed by atoms with Crippen molar-refractivity contribution < 1.29 is 72.1 Å². The van der Waals surface area contributed by atoms with Gasteiger partial charge < -0.3 is 50.1 Å². The van der Waals surface area contributed by atoms with Gasteiger partial charge in [0.15, 0.2) is 12.5 Å². The van der Waals surface area contributed by atoms with Crippen molar-refractivity contribution in [1.82, 2.24) is 14.9 Å². The number of phosphoric acid groups is 2. The van der Waals surface area contributed by atoms with Gasteiger partial charge in [0.25, 0.3) is 5.56 Å². The quantitative estimate of drug-likeness (QED) is 0.113. The molecule has 0 radical (unpaired) electrons. The van der Waals surface area contributed by atoms with E-state index in [9.17, 15) is 58.8 Å². The number of carbonyl (C=O) groups is 1. The molecule has 39 heavy (non-hydrogen) atoms. The van der Waals surface area contributed by atoms with Gasteiger partial charge in [-0.25, -0.2) is 13.9 Å². The summed E-state index contributed by atoms with van der Waals surface area (Å²) in [6.07, 6.45) is -13.1. The van der Waals surface area contributed by atoms with Crippen molar-refractivity contribution in [1.29, 1.82) is 0 Å². The zero-order valence-corrected chi connectivity index (χ0v) is 21.6. The van der Waals surface area contributed by atoms with Crippen molar-refractivity contribution in [3.63, 3.8) is 0 Å². The number of aromatic nitrogens is 2. The van der Waals surface area contributed by atoms with E-state index in [1.807, 2.05) is 4.98 Å². The number of nitrogens with one attached hydrogen (secondary N) is 2. The molecule has 22 heteroatoms. The largest absolute Gasteiger partial charge is 0.483 e. The summed E-state index contributed by atoms with van der Waals surface area (Å²) in [5.41, 5.74) is -1.75. The Labute approximate surface area is 217 Å². The van der Waals surface area contributed by atoms with Crippen LogP contribution in [0.5, 0.6) is 0 Å². The summed E-state index contributed by atoms with van der Waals surface area (Å²) in [6.45, 7) is -0.889. The van der Waals surface area contributed by atoms with Gasteiger partial charge in [0.05, 0.1) is 19.3 Å². The van der Waals surface area contributed by atoms with Gasteiger partial charge in [0, 0.05) is 19.2 Å². The van der Waals surface area contributed by atoms with Crippen LogP contribution in [0.2, 0.25) is 0 Å². The highest BCUT2D eigenvalue weighted by Gasteiger charge is 2.50. The molecule has 2 aliphatic heterocycles. The number of carbonyl (C=O) groups excluding carboxylic acids is 1. The fourth-order valence-corrected chi connectivity index (χ4v) is 5.93. The summed E-state index contributed by atoms with van der Waals surface area (Å²) in [4.78, 5) is 56.2. The Hall–Kier alpha value is -1.87. The van der Waals surface area contributed by atoms with E-state index in [0.29, 0.717) is 0 Å². The number of aliphatic hydroxyl groups is 5. The van der Waals surface area contributed by atoms with Crippen LogP contribution in [0.4, 0.5) is 0 Å². The Morgan fingerprint density at radius 1 is 1.05 bits per heavy atom. The van der Waals surface area contributed by atoms with E-state index in [2.05, 4.69) is 18.7 Å². The molecule has 20 nitrogen and oxygen atoms in total. The summed E-state index contributed by atoms with van der Waals surface area (Å²) in [5.74, 6) is -0.735. The molecule has 3 rings (SSSR count). The molecule has 2 unspecified atom stereocenters. The highest BCUT2D eigenvalue weighted by molar-refractivity contribution is 7.61. The van der Waals surface area contributed by atoms with Gasteiger partial charge >= 0.3 is 21.3 Å². The first kappa shape index (κ1) is 31.7. The fourth-order valence-electron chi connectivity index (χ4n) is 3.78. The van der Waals surface area contributed by atoms with Gasteiger partial charge in [-0.05, 0) is 0 Å². The molecule has 1 aromatic rings. The minimum Gasteiger partial charge on any atom is -0.394 e. The molecule has 9 N–H and O–H groups in total. The fraction of sp³-hybridized carbons (Fsp3) is 0.706. The Bertz CT molecular complexity index is 1240. The van der Waals surface area contributed by atoms with Crippen molar-refractivity contribution in [3.8, 4) is 0 Å². The molecular weight excluding hydrogens is 580 g/mol. The van der Waals surface area contributed by atoms with E-state index in [-0.39, 0.29) is 0 Å². The smallest absolute Gasteiger partial charge is 0.394 e. The SMILES string of the molecule is CC(=O)N[C@@H]1[C@@H](O)[C@@H](OP(=O)(O)OP(=O)(O)OC[C@H]2O[C@@H](n3ccc(=O)[nH]c3=O)[C@H](O)[C@@H]2O)O[C@H](CO)[C@H]1O. The number of rotatable bonds is 10.